The number of nitrogens with two attached hydrogens (primary N) is 2. The number of hydrazone groups is 1. The Morgan fingerprint density at radius 1 is 1.73 bits per heavy atom. The summed E-state index contributed by atoms with van der Waals surface area (Å²) in [5, 5.41) is 5.71. The van der Waals surface area contributed by atoms with Gasteiger partial charge in [0.15, 0.2) is 5.82 Å². The van der Waals surface area contributed by atoms with Gasteiger partial charge in [0.1, 0.15) is 6.34 Å². The summed E-state index contributed by atoms with van der Waals surface area (Å²) in [6.45, 7) is 5.51. The molecular formula is C9H12ClN5. The minimum absolute atomic E-state index is 0.392. The summed E-state index contributed by atoms with van der Waals surface area (Å²) in [5.41, 5.74) is 11.9. The summed E-state index contributed by atoms with van der Waals surface area (Å²) >= 11 is 5.96. The van der Waals surface area contributed by atoms with Crippen LogP contribution in [0.5, 0.6) is 0 Å². The Morgan fingerprint density at radius 2 is 2.40 bits per heavy atom. The van der Waals surface area contributed by atoms with Gasteiger partial charge in [0.25, 0.3) is 0 Å². The summed E-state index contributed by atoms with van der Waals surface area (Å²) in [6, 6.07) is 1.59. The zero-order chi connectivity index (χ0) is 11.4. The summed E-state index contributed by atoms with van der Waals surface area (Å²) in [5.74, 6) is 0.445. The van der Waals surface area contributed by atoms with Gasteiger partial charge >= 0.3 is 0 Å². The topological polar surface area (TPSA) is 80.5 Å². The van der Waals surface area contributed by atoms with E-state index in [-0.39, 0.29) is 0 Å². The van der Waals surface area contributed by atoms with Gasteiger partial charge < -0.3 is 11.5 Å². The van der Waals surface area contributed by atoms with E-state index in [2.05, 4.69) is 16.7 Å². The first-order valence-corrected chi connectivity index (χ1v) is 4.55. The fraction of sp³-hybridized carbons (Fsp3) is 0.111. The summed E-state index contributed by atoms with van der Waals surface area (Å²) in [7, 11) is 0. The fourth-order valence-electron chi connectivity index (χ4n) is 1.00. The van der Waals surface area contributed by atoms with Crippen molar-refractivity contribution in [3.8, 4) is 0 Å². The van der Waals surface area contributed by atoms with E-state index in [1.54, 1.807) is 13.0 Å². The van der Waals surface area contributed by atoms with E-state index in [4.69, 9.17) is 23.1 Å². The Morgan fingerprint density at radius 3 is 2.87 bits per heavy atom. The Bertz CT molecular complexity index is 401. The number of nitrogens with zero attached hydrogens (tertiary/aromatic N) is 3. The van der Waals surface area contributed by atoms with Crippen LogP contribution in [0.25, 0.3) is 0 Å². The highest BCUT2D eigenvalue weighted by Gasteiger charge is 2.11. The van der Waals surface area contributed by atoms with E-state index < -0.39 is 0 Å². The van der Waals surface area contributed by atoms with Gasteiger partial charge in [0, 0.05) is 5.70 Å². The van der Waals surface area contributed by atoms with E-state index in [1.807, 2.05) is 0 Å². The normalized spacial score (nSPS) is 10.5. The van der Waals surface area contributed by atoms with E-state index in [0.717, 1.165) is 6.34 Å². The van der Waals surface area contributed by atoms with E-state index in [9.17, 15) is 0 Å². The third kappa shape index (κ3) is 2.60. The molecular weight excluding hydrogens is 214 g/mol. The molecule has 80 valence electrons. The molecule has 0 bridgehead atoms. The van der Waals surface area contributed by atoms with Crippen molar-refractivity contribution in [2.75, 3.05) is 10.7 Å². The van der Waals surface area contributed by atoms with Gasteiger partial charge in [0.2, 0.25) is 0 Å². The van der Waals surface area contributed by atoms with Gasteiger partial charge in [-0.05, 0) is 13.0 Å². The lowest BCUT2D eigenvalue weighted by Crippen LogP contribution is -2.16. The molecule has 0 fully saturated rings. The molecule has 1 rings (SSSR count). The van der Waals surface area contributed by atoms with Gasteiger partial charge in [-0.15, -0.1) is 0 Å². The zero-order valence-electron chi connectivity index (χ0n) is 8.31. The third-order valence-electron chi connectivity index (χ3n) is 1.59. The molecule has 0 radical (unpaired) electrons. The molecule has 5 nitrogen and oxygen atoms in total. The molecule has 15 heavy (non-hydrogen) atoms. The molecule has 0 aliphatic carbocycles. The Kier molecular flexibility index (Phi) is 3.51. The van der Waals surface area contributed by atoms with Crippen molar-refractivity contribution < 1.29 is 0 Å². The van der Waals surface area contributed by atoms with Crippen LogP contribution in [-0.4, -0.2) is 11.3 Å². The minimum Gasteiger partial charge on any atom is -0.397 e. The maximum atomic E-state index is 5.96. The van der Waals surface area contributed by atoms with E-state index in [0.29, 0.717) is 22.2 Å². The molecule has 0 aliphatic heterocycles. The van der Waals surface area contributed by atoms with Crippen molar-refractivity contribution in [1.82, 2.24) is 4.98 Å². The lowest BCUT2D eigenvalue weighted by Gasteiger charge is -2.18. The van der Waals surface area contributed by atoms with Crippen molar-refractivity contribution in [2.24, 2.45) is 10.8 Å². The number of hydrogen-bond donors (Lipinski definition) is 2. The van der Waals surface area contributed by atoms with Crippen molar-refractivity contribution >= 4 is 29.4 Å². The minimum atomic E-state index is 0.392. The van der Waals surface area contributed by atoms with Gasteiger partial charge in [-0.1, -0.05) is 18.2 Å². The molecule has 0 aromatic carbocycles. The fourth-order valence-corrected chi connectivity index (χ4v) is 1.26. The third-order valence-corrected chi connectivity index (χ3v) is 1.87. The van der Waals surface area contributed by atoms with Crippen LogP contribution < -0.4 is 16.5 Å². The molecule has 0 saturated carbocycles. The van der Waals surface area contributed by atoms with Crippen LogP contribution in [0.15, 0.2) is 29.6 Å². The van der Waals surface area contributed by atoms with Crippen LogP contribution in [0.4, 0.5) is 11.5 Å². The van der Waals surface area contributed by atoms with Crippen LogP contribution in [0.3, 0.4) is 0 Å². The van der Waals surface area contributed by atoms with Crippen LogP contribution >= 0.6 is 11.6 Å². The zero-order valence-corrected chi connectivity index (χ0v) is 9.07. The SMILES string of the molecule is C=C(C)N(/N=C\N)c1ncc(N)cc1Cl. The predicted molar refractivity (Wildman–Crippen MR) is 63.6 cm³/mol. The highest BCUT2D eigenvalue weighted by molar-refractivity contribution is 6.33. The molecule has 1 aromatic heterocycles. The molecule has 6 heteroatoms. The Labute approximate surface area is 93.0 Å². The van der Waals surface area contributed by atoms with Crippen molar-refractivity contribution in [1.29, 1.82) is 0 Å². The number of allylic oxidation sites excluding steroid dienone is 1. The van der Waals surface area contributed by atoms with Crippen molar-refractivity contribution in [3.63, 3.8) is 0 Å². The van der Waals surface area contributed by atoms with Gasteiger partial charge in [-0.3, -0.25) is 0 Å². The molecule has 0 aliphatic rings. The summed E-state index contributed by atoms with van der Waals surface area (Å²) in [6.07, 6.45) is 2.63. The average Bonchev–Trinajstić information content (AvgIpc) is 2.15. The monoisotopic (exact) mass is 225 g/mol. The number of nitrogen functional groups attached to an aromatic ring is 1. The number of rotatable bonds is 3. The molecule has 4 N–H and O–H groups in total. The second-order valence-electron chi connectivity index (χ2n) is 2.89. The summed E-state index contributed by atoms with van der Waals surface area (Å²) < 4.78 is 0. The number of pyridine rings is 1. The predicted octanol–water partition coefficient (Wildman–Crippen LogP) is 1.56. The quantitative estimate of drug-likeness (QED) is 0.465. The average molecular weight is 226 g/mol. The number of hydrogen-bond acceptors (Lipinski definition) is 4. The molecule has 0 amide bonds. The van der Waals surface area contributed by atoms with Gasteiger partial charge in [-0.25, -0.2) is 9.99 Å². The van der Waals surface area contributed by atoms with Crippen LogP contribution in [0.2, 0.25) is 5.02 Å². The van der Waals surface area contributed by atoms with Crippen LogP contribution in [-0.2, 0) is 0 Å². The number of aromatic nitrogens is 1. The number of anilines is 2. The summed E-state index contributed by atoms with van der Waals surface area (Å²) in [4.78, 5) is 4.06. The smallest absolute Gasteiger partial charge is 0.172 e. The second-order valence-corrected chi connectivity index (χ2v) is 3.29. The molecule has 1 aromatic rings. The van der Waals surface area contributed by atoms with Crippen molar-refractivity contribution in [2.45, 2.75) is 6.92 Å². The van der Waals surface area contributed by atoms with Gasteiger partial charge in [0.05, 0.1) is 16.9 Å². The molecule has 0 spiro atoms. The lowest BCUT2D eigenvalue weighted by molar-refractivity contribution is 0.970. The van der Waals surface area contributed by atoms with Gasteiger partial charge in [-0.2, -0.15) is 5.10 Å². The van der Waals surface area contributed by atoms with Crippen molar-refractivity contribution in [3.05, 3.63) is 29.6 Å². The lowest BCUT2D eigenvalue weighted by atomic mass is 10.4. The molecule has 0 unspecified atom stereocenters. The standard InChI is InChI=1S/C9H12ClN5/c1-6(2)15(14-5-11)9-8(10)3-7(12)4-13-9/h3-5H,1,12H2,2H3,(H2,11,14). The first kappa shape index (κ1) is 11.3. The largest absolute Gasteiger partial charge is 0.397 e. The van der Waals surface area contributed by atoms with E-state index in [1.165, 1.54) is 11.2 Å². The molecule has 1 heterocycles. The van der Waals surface area contributed by atoms with Crippen LogP contribution in [0.1, 0.15) is 6.92 Å². The first-order chi connectivity index (χ1) is 7.06. The first-order valence-electron chi connectivity index (χ1n) is 4.17. The maximum Gasteiger partial charge on any atom is 0.172 e. The Balaban J connectivity index is 3.17. The van der Waals surface area contributed by atoms with E-state index >= 15 is 0 Å². The Hall–Kier alpha value is -1.75. The maximum absolute atomic E-state index is 5.96. The molecule has 0 atom stereocenters. The van der Waals surface area contributed by atoms with Crippen LogP contribution in [0, 0.1) is 0 Å². The highest BCUT2D eigenvalue weighted by atomic mass is 35.5. The molecule has 0 saturated heterocycles. The highest BCUT2D eigenvalue weighted by Crippen LogP contribution is 2.27. The second kappa shape index (κ2) is 4.65. The number of halogens is 1.